The summed E-state index contributed by atoms with van der Waals surface area (Å²) in [5.41, 5.74) is 7.04. The Morgan fingerprint density at radius 2 is 1.82 bits per heavy atom. The Hall–Kier alpha value is -1.96. The molecule has 0 spiro atoms. The first-order chi connectivity index (χ1) is 13.6. The third kappa shape index (κ3) is 6.58. The van der Waals surface area contributed by atoms with Crippen LogP contribution in [0.3, 0.4) is 0 Å². The Balaban J connectivity index is 1.85. The van der Waals surface area contributed by atoms with Gasteiger partial charge in [-0.05, 0) is 38.7 Å². The minimum Gasteiger partial charge on any atom is -0.445 e. The van der Waals surface area contributed by atoms with Crippen molar-refractivity contribution in [2.24, 2.45) is 5.73 Å². The van der Waals surface area contributed by atoms with E-state index in [0.717, 1.165) is 12.0 Å². The summed E-state index contributed by atoms with van der Waals surface area (Å²) in [6, 6.07) is 8.30. The smallest absolute Gasteiger partial charge is 0.410 e. The second kappa shape index (κ2) is 11.8. The average Bonchev–Trinajstić information content (AvgIpc) is 3.20. The van der Waals surface area contributed by atoms with Crippen LogP contribution < -0.4 is 5.73 Å². The maximum absolute atomic E-state index is 12.8. The molecule has 1 aliphatic heterocycles. The zero-order valence-corrected chi connectivity index (χ0v) is 16.8. The first-order valence-electron chi connectivity index (χ1n) is 10.1. The van der Waals surface area contributed by atoms with Crippen molar-refractivity contribution in [3.8, 4) is 0 Å². The minimum absolute atomic E-state index is 0.124. The van der Waals surface area contributed by atoms with E-state index in [9.17, 15) is 9.59 Å². The zero-order valence-electron chi connectivity index (χ0n) is 16.8. The summed E-state index contributed by atoms with van der Waals surface area (Å²) in [6.45, 7) is 5.57. The molecule has 28 heavy (non-hydrogen) atoms. The predicted molar refractivity (Wildman–Crippen MR) is 106 cm³/mol. The Bertz CT molecular complexity index is 604. The maximum atomic E-state index is 12.8. The molecule has 0 bridgehead atoms. The van der Waals surface area contributed by atoms with Crippen molar-refractivity contribution in [1.29, 1.82) is 0 Å². The van der Waals surface area contributed by atoms with Crippen molar-refractivity contribution in [2.75, 3.05) is 19.8 Å². The van der Waals surface area contributed by atoms with E-state index in [1.54, 1.807) is 0 Å². The number of hydrogen-bond acceptors (Lipinski definition) is 6. The van der Waals surface area contributed by atoms with Crippen molar-refractivity contribution >= 4 is 11.9 Å². The van der Waals surface area contributed by atoms with E-state index in [1.807, 2.05) is 44.2 Å². The normalized spacial score (nSPS) is 17.7. The molecule has 7 nitrogen and oxygen atoms in total. The highest BCUT2D eigenvalue weighted by Gasteiger charge is 2.37. The number of nitrogens with two attached hydrogens (primary N) is 1. The molecule has 2 N–H and O–H groups in total. The standard InChI is InChI=1S/C21H32N2O5/c1-3-26-19(27-4-2)13-12-17(22)20(24)18-11-8-14-23(18)21(25)28-15-16-9-6-5-7-10-16/h5-7,9-10,17-19H,3-4,8,11-15,22H2,1-2H3/t17?,18-/m0/s1. The van der Waals surface area contributed by atoms with E-state index < -0.39 is 18.2 Å². The number of Topliss-reactive ketones (excluding diaryl/α,β-unsaturated/α-hetero) is 1. The van der Waals surface area contributed by atoms with Crippen LogP contribution in [0.15, 0.2) is 30.3 Å². The molecule has 0 saturated carbocycles. The molecule has 7 heteroatoms. The van der Waals surface area contributed by atoms with E-state index in [2.05, 4.69) is 0 Å². The van der Waals surface area contributed by atoms with Crippen molar-refractivity contribution < 1.29 is 23.8 Å². The van der Waals surface area contributed by atoms with Gasteiger partial charge in [-0.25, -0.2) is 4.79 Å². The summed E-state index contributed by atoms with van der Waals surface area (Å²) in [7, 11) is 0. The third-order valence-electron chi connectivity index (χ3n) is 4.80. The number of ether oxygens (including phenoxy) is 3. The van der Waals surface area contributed by atoms with Gasteiger partial charge in [-0.15, -0.1) is 0 Å². The van der Waals surface area contributed by atoms with E-state index in [4.69, 9.17) is 19.9 Å². The number of nitrogens with zero attached hydrogens (tertiary/aromatic N) is 1. The van der Waals surface area contributed by atoms with Gasteiger partial charge in [-0.3, -0.25) is 9.69 Å². The minimum atomic E-state index is -0.657. The van der Waals surface area contributed by atoms with Gasteiger partial charge in [0, 0.05) is 26.2 Å². The molecule has 0 aliphatic carbocycles. The first kappa shape index (κ1) is 22.3. The van der Waals surface area contributed by atoms with Gasteiger partial charge in [0.15, 0.2) is 12.1 Å². The van der Waals surface area contributed by atoms with E-state index in [-0.39, 0.29) is 18.7 Å². The average molecular weight is 392 g/mol. The second-order valence-corrected chi connectivity index (χ2v) is 6.82. The molecule has 1 aromatic carbocycles. The van der Waals surface area contributed by atoms with Crippen LogP contribution in [0, 0.1) is 0 Å². The fraction of sp³-hybridized carbons (Fsp3) is 0.619. The highest BCUT2D eigenvalue weighted by molar-refractivity contribution is 5.91. The van der Waals surface area contributed by atoms with Crippen molar-refractivity contribution in [1.82, 2.24) is 4.90 Å². The molecule has 1 heterocycles. The van der Waals surface area contributed by atoms with Crippen LogP contribution >= 0.6 is 0 Å². The Kier molecular flexibility index (Phi) is 9.40. The molecule has 1 fully saturated rings. The zero-order chi connectivity index (χ0) is 20.4. The van der Waals surface area contributed by atoms with Crippen molar-refractivity contribution in [3.63, 3.8) is 0 Å². The van der Waals surface area contributed by atoms with Gasteiger partial charge in [-0.1, -0.05) is 30.3 Å². The van der Waals surface area contributed by atoms with E-state index >= 15 is 0 Å². The quantitative estimate of drug-likeness (QED) is 0.582. The van der Waals surface area contributed by atoms with Crippen molar-refractivity contribution in [3.05, 3.63) is 35.9 Å². The predicted octanol–water partition coefficient (Wildman–Crippen LogP) is 2.86. The number of carbonyl (C=O) groups excluding carboxylic acids is 2. The third-order valence-corrected chi connectivity index (χ3v) is 4.80. The molecule has 1 saturated heterocycles. The van der Waals surface area contributed by atoms with Gasteiger partial charge < -0.3 is 19.9 Å². The SMILES string of the molecule is CCOC(CCC(N)C(=O)[C@@H]1CCCN1C(=O)OCc1ccccc1)OCC. The van der Waals surface area contributed by atoms with Crippen LogP contribution in [0.25, 0.3) is 0 Å². The van der Waals surface area contributed by atoms with Crippen LogP contribution in [-0.4, -0.2) is 54.9 Å². The number of carbonyl (C=O) groups is 2. The van der Waals surface area contributed by atoms with Gasteiger partial charge in [0.05, 0.1) is 12.1 Å². The van der Waals surface area contributed by atoms with Crippen LogP contribution in [-0.2, 0) is 25.6 Å². The molecule has 1 aliphatic rings. The number of hydrogen-bond donors (Lipinski definition) is 1. The molecular weight excluding hydrogens is 360 g/mol. The number of likely N-dealkylation sites (tertiary alicyclic amines) is 1. The topological polar surface area (TPSA) is 91.1 Å². The Labute approximate surface area is 167 Å². The fourth-order valence-electron chi connectivity index (χ4n) is 3.37. The number of ketones is 1. The maximum Gasteiger partial charge on any atom is 0.410 e. The molecule has 1 aromatic rings. The second-order valence-electron chi connectivity index (χ2n) is 6.82. The van der Waals surface area contributed by atoms with E-state index in [1.165, 1.54) is 4.90 Å². The van der Waals surface area contributed by atoms with Gasteiger partial charge in [0.25, 0.3) is 0 Å². The molecule has 1 unspecified atom stereocenters. The lowest BCUT2D eigenvalue weighted by molar-refractivity contribution is -0.142. The molecular formula is C21H32N2O5. The summed E-state index contributed by atoms with van der Waals surface area (Å²) in [5, 5.41) is 0. The lowest BCUT2D eigenvalue weighted by atomic mass is 10.00. The van der Waals surface area contributed by atoms with Gasteiger partial charge in [-0.2, -0.15) is 0 Å². The molecule has 2 rings (SSSR count). The molecule has 0 radical (unpaired) electrons. The number of benzene rings is 1. The summed E-state index contributed by atoms with van der Waals surface area (Å²) in [6.07, 6.45) is 1.56. The summed E-state index contributed by atoms with van der Waals surface area (Å²) in [5.74, 6) is -0.124. The van der Waals surface area contributed by atoms with Gasteiger partial charge in [0.2, 0.25) is 0 Å². The lowest BCUT2D eigenvalue weighted by Gasteiger charge is -2.26. The molecule has 156 valence electrons. The summed E-state index contributed by atoms with van der Waals surface area (Å²) in [4.78, 5) is 26.8. The van der Waals surface area contributed by atoms with Crippen LogP contribution in [0.4, 0.5) is 4.79 Å². The van der Waals surface area contributed by atoms with E-state index in [0.29, 0.717) is 39.0 Å². The molecule has 0 aromatic heterocycles. The first-order valence-corrected chi connectivity index (χ1v) is 10.1. The van der Waals surface area contributed by atoms with Gasteiger partial charge in [0.1, 0.15) is 6.61 Å². The Morgan fingerprint density at radius 3 is 2.46 bits per heavy atom. The van der Waals surface area contributed by atoms with Crippen LogP contribution in [0.2, 0.25) is 0 Å². The summed E-state index contributed by atoms with van der Waals surface area (Å²) >= 11 is 0. The monoisotopic (exact) mass is 392 g/mol. The van der Waals surface area contributed by atoms with Gasteiger partial charge >= 0.3 is 6.09 Å². The van der Waals surface area contributed by atoms with Crippen LogP contribution in [0.1, 0.15) is 45.1 Å². The fourth-order valence-corrected chi connectivity index (χ4v) is 3.37. The Morgan fingerprint density at radius 1 is 1.14 bits per heavy atom. The largest absolute Gasteiger partial charge is 0.445 e. The number of rotatable bonds is 11. The molecule has 1 amide bonds. The van der Waals surface area contributed by atoms with Crippen LogP contribution in [0.5, 0.6) is 0 Å². The highest BCUT2D eigenvalue weighted by Crippen LogP contribution is 2.22. The highest BCUT2D eigenvalue weighted by atomic mass is 16.7. The summed E-state index contributed by atoms with van der Waals surface area (Å²) < 4.78 is 16.4. The lowest BCUT2D eigenvalue weighted by Crippen LogP contribution is -2.47. The molecule has 2 atom stereocenters. The number of amides is 1. The van der Waals surface area contributed by atoms with Crippen molar-refractivity contribution in [2.45, 2.75) is 64.5 Å².